The number of ether oxygens (including phenoxy) is 2. The molecule has 1 heterocycles. The Bertz CT molecular complexity index is 785. The van der Waals surface area contributed by atoms with Gasteiger partial charge in [-0.25, -0.2) is 10.5 Å². The first kappa shape index (κ1) is 21.2. The molecule has 0 aliphatic carbocycles. The van der Waals surface area contributed by atoms with E-state index in [0.717, 1.165) is 24.2 Å². The molecule has 1 aromatic carbocycles. The number of benzene rings is 1. The second-order valence-electron chi connectivity index (χ2n) is 6.14. The minimum atomic E-state index is -0.427. The van der Waals surface area contributed by atoms with Gasteiger partial charge in [0.2, 0.25) is 11.9 Å². The number of carbonyl (C=O) groups is 1. The van der Waals surface area contributed by atoms with Crippen LogP contribution in [-0.2, 0) is 17.6 Å². The molecule has 0 unspecified atom stereocenters. The number of para-hydroxylation sites is 1. The fourth-order valence-corrected chi connectivity index (χ4v) is 2.65. The first-order valence-corrected chi connectivity index (χ1v) is 9.23. The summed E-state index contributed by atoms with van der Waals surface area (Å²) in [6.07, 6.45) is 2.88. The van der Waals surface area contributed by atoms with Crippen LogP contribution in [0, 0.1) is 0 Å². The van der Waals surface area contributed by atoms with Crippen LogP contribution in [0.4, 0.5) is 11.8 Å². The summed E-state index contributed by atoms with van der Waals surface area (Å²) in [4.78, 5) is 19.3. The summed E-state index contributed by atoms with van der Waals surface area (Å²) in [5.74, 6) is 1.19. The monoisotopic (exact) mass is 389 g/mol. The highest BCUT2D eigenvalue weighted by atomic mass is 16.5. The number of aromatic nitrogens is 2. The van der Waals surface area contributed by atoms with Gasteiger partial charge in [0, 0.05) is 6.42 Å². The number of amides is 1. The van der Waals surface area contributed by atoms with E-state index in [1.165, 1.54) is 0 Å². The first-order chi connectivity index (χ1) is 13.5. The zero-order chi connectivity index (χ0) is 20.4. The summed E-state index contributed by atoms with van der Waals surface area (Å²) in [5.41, 5.74) is 14.7. The highest BCUT2D eigenvalue weighted by molar-refractivity contribution is 5.74. The smallest absolute Gasteiger partial charge is 0.243 e. The van der Waals surface area contributed by atoms with E-state index in [4.69, 9.17) is 26.1 Å². The summed E-state index contributed by atoms with van der Waals surface area (Å²) >= 11 is 0. The molecule has 6 N–H and O–H groups in total. The maximum absolute atomic E-state index is 11.2. The molecule has 9 nitrogen and oxygen atoms in total. The Balaban J connectivity index is 1.76. The molecule has 152 valence electrons. The first-order valence-electron chi connectivity index (χ1n) is 9.23. The van der Waals surface area contributed by atoms with Gasteiger partial charge in [-0.1, -0.05) is 25.1 Å². The fourth-order valence-electron chi connectivity index (χ4n) is 2.65. The Hall–Kier alpha value is -3.07. The van der Waals surface area contributed by atoms with Crippen molar-refractivity contribution >= 4 is 17.7 Å². The number of hydrogen-bond donors (Lipinski definition) is 4. The zero-order valence-electron chi connectivity index (χ0n) is 16.0. The van der Waals surface area contributed by atoms with Gasteiger partial charge in [0.25, 0.3) is 0 Å². The van der Waals surface area contributed by atoms with Crippen LogP contribution in [0.2, 0.25) is 0 Å². The number of nitrogens with two attached hydrogens (primary N) is 2. The zero-order valence-corrected chi connectivity index (χ0v) is 16.0. The van der Waals surface area contributed by atoms with E-state index in [9.17, 15) is 4.79 Å². The lowest BCUT2D eigenvalue weighted by Crippen LogP contribution is -2.18. The Morgan fingerprint density at radius 1 is 1.14 bits per heavy atom. The van der Waals surface area contributed by atoms with Gasteiger partial charge in [-0.15, -0.1) is 0 Å². The summed E-state index contributed by atoms with van der Waals surface area (Å²) in [5, 5.41) is 8.59. The molecule has 1 amide bonds. The summed E-state index contributed by atoms with van der Waals surface area (Å²) in [7, 11) is 0. The number of nitrogens with one attached hydrogen (secondary N) is 1. The highest BCUT2D eigenvalue weighted by Crippen LogP contribution is 2.25. The molecule has 0 saturated carbocycles. The van der Waals surface area contributed by atoms with Crippen LogP contribution in [0.3, 0.4) is 0 Å². The lowest BCUT2D eigenvalue weighted by molar-refractivity contribution is -0.129. The molecule has 0 aliphatic heterocycles. The minimum Gasteiger partial charge on any atom is -0.493 e. The second kappa shape index (κ2) is 10.9. The van der Waals surface area contributed by atoms with E-state index in [0.29, 0.717) is 37.5 Å². The number of hydrogen-bond acceptors (Lipinski definition) is 8. The fraction of sp³-hybridized carbons (Fsp3) is 0.421. The lowest BCUT2D eigenvalue weighted by Gasteiger charge is -2.13. The van der Waals surface area contributed by atoms with Gasteiger partial charge in [-0.05, 0) is 37.3 Å². The van der Waals surface area contributed by atoms with Crippen molar-refractivity contribution in [1.82, 2.24) is 15.4 Å². The van der Waals surface area contributed by atoms with Crippen molar-refractivity contribution in [1.29, 1.82) is 0 Å². The second-order valence-corrected chi connectivity index (χ2v) is 6.14. The van der Waals surface area contributed by atoms with Crippen molar-refractivity contribution in [2.24, 2.45) is 0 Å². The van der Waals surface area contributed by atoms with Crippen LogP contribution in [0.1, 0.15) is 37.4 Å². The highest BCUT2D eigenvalue weighted by Gasteiger charge is 2.11. The van der Waals surface area contributed by atoms with E-state index >= 15 is 0 Å². The molecule has 0 atom stereocenters. The molecule has 0 radical (unpaired) electrons. The van der Waals surface area contributed by atoms with Crippen molar-refractivity contribution in [3.8, 4) is 11.5 Å². The van der Waals surface area contributed by atoms with Crippen molar-refractivity contribution in [3.05, 3.63) is 35.5 Å². The third-order valence-electron chi connectivity index (χ3n) is 4.08. The van der Waals surface area contributed by atoms with Crippen molar-refractivity contribution in [3.63, 3.8) is 0 Å². The SMILES string of the molecule is CCc1nc(N)nc(N)c1OCCCCOc1ccccc1CCC(=O)NO. The molecule has 0 saturated heterocycles. The van der Waals surface area contributed by atoms with Gasteiger partial charge >= 0.3 is 0 Å². The molecular weight excluding hydrogens is 362 g/mol. The van der Waals surface area contributed by atoms with Gasteiger partial charge < -0.3 is 20.9 Å². The van der Waals surface area contributed by atoms with Gasteiger partial charge in [-0.3, -0.25) is 10.0 Å². The molecule has 1 aromatic heterocycles. The molecule has 0 fully saturated rings. The molecule has 2 rings (SSSR count). The Labute approximate surface area is 164 Å². The Morgan fingerprint density at radius 2 is 1.86 bits per heavy atom. The number of rotatable bonds is 11. The minimum absolute atomic E-state index is 0.144. The summed E-state index contributed by atoms with van der Waals surface area (Å²) in [6.45, 7) is 2.93. The number of anilines is 2. The van der Waals surface area contributed by atoms with E-state index in [1.807, 2.05) is 31.2 Å². The Morgan fingerprint density at radius 3 is 2.57 bits per heavy atom. The molecule has 2 aromatic rings. The summed E-state index contributed by atoms with van der Waals surface area (Å²) < 4.78 is 11.6. The molecule has 28 heavy (non-hydrogen) atoms. The molecule has 0 aliphatic rings. The third kappa shape index (κ3) is 6.27. The molecule has 9 heteroatoms. The van der Waals surface area contributed by atoms with E-state index in [-0.39, 0.29) is 18.2 Å². The van der Waals surface area contributed by atoms with Gasteiger partial charge in [0.15, 0.2) is 11.6 Å². The summed E-state index contributed by atoms with van der Waals surface area (Å²) in [6, 6.07) is 7.53. The average Bonchev–Trinajstić information content (AvgIpc) is 2.70. The largest absolute Gasteiger partial charge is 0.493 e. The Kier molecular flexibility index (Phi) is 8.29. The van der Waals surface area contributed by atoms with Gasteiger partial charge in [0.05, 0.1) is 18.9 Å². The number of hydroxylamine groups is 1. The van der Waals surface area contributed by atoms with E-state index in [1.54, 1.807) is 5.48 Å². The lowest BCUT2D eigenvalue weighted by atomic mass is 10.1. The van der Waals surface area contributed by atoms with Crippen LogP contribution in [0.15, 0.2) is 24.3 Å². The van der Waals surface area contributed by atoms with Crippen LogP contribution in [-0.4, -0.2) is 34.3 Å². The maximum atomic E-state index is 11.2. The van der Waals surface area contributed by atoms with Crippen molar-refractivity contribution < 1.29 is 19.5 Å². The third-order valence-corrected chi connectivity index (χ3v) is 4.08. The predicted octanol–water partition coefficient (Wildman–Crippen LogP) is 1.88. The van der Waals surface area contributed by atoms with Crippen LogP contribution in [0.5, 0.6) is 11.5 Å². The maximum Gasteiger partial charge on any atom is 0.243 e. The van der Waals surface area contributed by atoms with Gasteiger partial charge in [-0.2, -0.15) is 4.98 Å². The number of unbranched alkanes of at least 4 members (excludes halogenated alkanes) is 1. The van der Waals surface area contributed by atoms with E-state index in [2.05, 4.69) is 9.97 Å². The number of aryl methyl sites for hydroxylation is 2. The van der Waals surface area contributed by atoms with Crippen LogP contribution >= 0.6 is 0 Å². The topological polar surface area (TPSA) is 146 Å². The number of nitrogen functional groups attached to an aromatic ring is 2. The van der Waals surface area contributed by atoms with Gasteiger partial charge in [0.1, 0.15) is 5.75 Å². The molecule has 0 spiro atoms. The number of nitrogens with zero attached hydrogens (tertiary/aromatic N) is 2. The molecular formula is C19H27N5O4. The van der Waals surface area contributed by atoms with Crippen LogP contribution in [0.25, 0.3) is 0 Å². The predicted molar refractivity (Wildman–Crippen MR) is 105 cm³/mol. The normalized spacial score (nSPS) is 10.5. The standard InChI is InChI=1S/C19H27N5O4/c1-2-14-17(18(20)23-19(21)22-14)28-12-6-5-11-27-15-8-4-3-7-13(15)9-10-16(25)24-26/h3-4,7-8,26H,2,5-6,9-12H2,1H3,(H,24,25)(H4,20,21,22,23). The van der Waals surface area contributed by atoms with E-state index < -0.39 is 5.91 Å². The van der Waals surface area contributed by atoms with Crippen molar-refractivity contribution in [2.75, 3.05) is 24.7 Å². The molecule has 0 bridgehead atoms. The quantitative estimate of drug-likeness (QED) is 0.259. The number of carbonyl (C=O) groups excluding carboxylic acids is 1. The average molecular weight is 389 g/mol. The van der Waals surface area contributed by atoms with Crippen molar-refractivity contribution in [2.45, 2.75) is 39.0 Å². The van der Waals surface area contributed by atoms with Crippen LogP contribution < -0.4 is 26.4 Å².